The molecule has 2 fully saturated rings. The minimum absolute atomic E-state index is 0.0133. The molecule has 1 amide bonds. The smallest absolute Gasteiger partial charge is 0.270 e. The highest BCUT2D eigenvalue weighted by molar-refractivity contribution is 5.93. The van der Waals surface area contributed by atoms with E-state index in [-0.39, 0.29) is 49.5 Å². The molecule has 2 aliphatic rings. The Morgan fingerprint density at radius 2 is 2.21 bits per heavy atom. The fraction of sp³-hybridized carbons (Fsp3) is 0.700. The summed E-state index contributed by atoms with van der Waals surface area (Å²) in [6.45, 7) is 3.59. The number of aliphatic hydroxyl groups is 1. The molecule has 1 aromatic heterocycles. The van der Waals surface area contributed by atoms with E-state index >= 15 is 0 Å². The Morgan fingerprint density at radius 3 is 2.86 bits per heavy atom. The Bertz CT molecular complexity index is 686. The number of carbonyl (C=O) groups is 1. The monoisotopic (exact) mass is 411 g/mol. The number of hydrogen-bond acceptors (Lipinski definition) is 7. The van der Waals surface area contributed by atoms with Crippen molar-refractivity contribution in [2.45, 2.75) is 25.5 Å². The molecule has 0 aromatic carbocycles. The van der Waals surface area contributed by atoms with Gasteiger partial charge < -0.3 is 29.5 Å². The second-order valence-electron chi connectivity index (χ2n) is 7.67. The second-order valence-corrected chi connectivity index (χ2v) is 7.67. The van der Waals surface area contributed by atoms with Crippen molar-refractivity contribution in [1.82, 2.24) is 10.3 Å². The number of pyridine rings is 1. The molecule has 3 atom stereocenters. The summed E-state index contributed by atoms with van der Waals surface area (Å²) in [6.07, 6.45) is 1.12. The molecule has 0 bridgehead atoms. The van der Waals surface area contributed by atoms with Crippen molar-refractivity contribution in [2.24, 2.45) is 11.8 Å². The van der Waals surface area contributed by atoms with Crippen molar-refractivity contribution in [1.29, 1.82) is 0 Å². The van der Waals surface area contributed by atoms with Gasteiger partial charge in [0.1, 0.15) is 18.1 Å². The molecule has 8 nitrogen and oxygen atoms in total. The van der Waals surface area contributed by atoms with Crippen LogP contribution in [0.2, 0.25) is 0 Å². The highest BCUT2D eigenvalue weighted by Crippen LogP contribution is 2.39. The Morgan fingerprint density at radius 1 is 1.41 bits per heavy atom. The van der Waals surface area contributed by atoms with E-state index in [1.54, 1.807) is 20.1 Å². The van der Waals surface area contributed by atoms with Gasteiger partial charge in [-0.25, -0.2) is 9.37 Å². The van der Waals surface area contributed by atoms with E-state index in [1.807, 2.05) is 6.07 Å². The molecule has 162 valence electrons. The summed E-state index contributed by atoms with van der Waals surface area (Å²) in [6, 6.07) is 3.24. The van der Waals surface area contributed by atoms with Gasteiger partial charge in [-0.15, -0.1) is 0 Å². The fourth-order valence-electron chi connectivity index (χ4n) is 3.27. The van der Waals surface area contributed by atoms with Crippen LogP contribution in [0.1, 0.15) is 23.8 Å². The van der Waals surface area contributed by atoms with Crippen molar-refractivity contribution >= 4 is 11.6 Å². The predicted molar refractivity (Wildman–Crippen MR) is 105 cm³/mol. The molecule has 1 aromatic rings. The maximum atomic E-state index is 12.5. The van der Waals surface area contributed by atoms with Crippen LogP contribution in [0, 0.1) is 11.8 Å². The van der Waals surface area contributed by atoms with Gasteiger partial charge in [-0.2, -0.15) is 0 Å². The van der Waals surface area contributed by atoms with Crippen LogP contribution in [0.5, 0.6) is 5.88 Å². The fourth-order valence-corrected chi connectivity index (χ4v) is 3.27. The molecular formula is C20H30FN3O5. The van der Waals surface area contributed by atoms with Crippen LogP contribution in [0.15, 0.2) is 12.1 Å². The molecule has 3 rings (SSSR count). The van der Waals surface area contributed by atoms with Crippen LogP contribution in [-0.4, -0.2) is 81.4 Å². The molecule has 1 saturated carbocycles. The number of aromatic nitrogens is 1. The topological polar surface area (TPSA) is 93.2 Å². The van der Waals surface area contributed by atoms with Gasteiger partial charge in [-0.05, 0) is 37.3 Å². The maximum Gasteiger partial charge on any atom is 0.270 e. The Labute approximate surface area is 170 Å². The lowest BCUT2D eigenvalue weighted by molar-refractivity contribution is 0.0781. The van der Waals surface area contributed by atoms with E-state index in [1.165, 1.54) is 0 Å². The van der Waals surface area contributed by atoms with Crippen molar-refractivity contribution < 1.29 is 28.5 Å². The number of hydrogen-bond donors (Lipinski definition) is 2. The van der Waals surface area contributed by atoms with E-state index < -0.39 is 6.67 Å². The summed E-state index contributed by atoms with van der Waals surface area (Å²) < 4.78 is 28.5. The van der Waals surface area contributed by atoms with Crippen LogP contribution in [0.3, 0.4) is 0 Å². The summed E-state index contributed by atoms with van der Waals surface area (Å²) in [5.74, 6) is 0.688. The van der Waals surface area contributed by atoms with Gasteiger partial charge in [-0.3, -0.25) is 4.79 Å². The van der Waals surface area contributed by atoms with Gasteiger partial charge in [-0.1, -0.05) is 0 Å². The van der Waals surface area contributed by atoms with Gasteiger partial charge in [0, 0.05) is 32.8 Å². The van der Waals surface area contributed by atoms with Crippen LogP contribution in [-0.2, 0) is 9.47 Å². The van der Waals surface area contributed by atoms with Crippen molar-refractivity contribution in [3.63, 3.8) is 0 Å². The van der Waals surface area contributed by atoms with Gasteiger partial charge in [0.15, 0.2) is 0 Å². The Kier molecular flexibility index (Phi) is 7.63. The third kappa shape index (κ3) is 5.77. The summed E-state index contributed by atoms with van der Waals surface area (Å²) in [7, 11) is 1.69. The van der Waals surface area contributed by atoms with E-state index in [0.29, 0.717) is 18.4 Å². The predicted octanol–water partition coefficient (Wildman–Crippen LogP) is 1.03. The minimum atomic E-state index is -0.553. The highest BCUT2D eigenvalue weighted by Gasteiger charge is 2.37. The number of carbonyl (C=O) groups excluding carboxylic acids is 1. The summed E-state index contributed by atoms with van der Waals surface area (Å²) >= 11 is 0. The first-order valence-corrected chi connectivity index (χ1v) is 10.0. The van der Waals surface area contributed by atoms with Crippen molar-refractivity contribution in [2.75, 3.05) is 58.2 Å². The summed E-state index contributed by atoms with van der Waals surface area (Å²) in [5, 5.41) is 12.0. The van der Waals surface area contributed by atoms with Gasteiger partial charge in [0.05, 0.1) is 25.9 Å². The van der Waals surface area contributed by atoms with Gasteiger partial charge in [0.25, 0.3) is 5.91 Å². The highest BCUT2D eigenvalue weighted by atomic mass is 19.1. The number of ether oxygens (including phenoxy) is 3. The Hall–Kier alpha value is -1.97. The molecular weight excluding hydrogens is 381 g/mol. The second kappa shape index (κ2) is 10.2. The van der Waals surface area contributed by atoms with Crippen LogP contribution >= 0.6 is 0 Å². The third-order valence-corrected chi connectivity index (χ3v) is 5.30. The summed E-state index contributed by atoms with van der Waals surface area (Å²) in [4.78, 5) is 19.1. The van der Waals surface area contributed by atoms with Crippen molar-refractivity contribution in [3.8, 4) is 5.88 Å². The van der Waals surface area contributed by atoms with E-state index in [9.17, 15) is 14.3 Å². The molecule has 0 radical (unpaired) electrons. The van der Waals surface area contributed by atoms with Crippen LogP contribution < -0.4 is 15.0 Å². The molecule has 29 heavy (non-hydrogen) atoms. The molecule has 2 N–H and O–H groups in total. The van der Waals surface area contributed by atoms with E-state index in [4.69, 9.17) is 14.2 Å². The normalized spacial score (nSPS) is 22.1. The lowest BCUT2D eigenvalue weighted by Gasteiger charge is -2.40. The number of rotatable bonds is 12. The standard InChI is InChI=1S/C20H30FN3O5/c1-13(11-28-6-5-21)22-19(26)17-3-4-18(24-8-16(9-24)27-2)20(23-17)29-12-15-7-14(15)10-25/h3-4,13-16,25H,5-12H2,1-2H3,(H,22,26)/t13-,14+,15-/m0/s1. The molecule has 9 heteroatoms. The number of nitrogens with one attached hydrogen (secondary N) is 1. The van der Waals surface area contributed by atoms with Crippen LogP contribution in [0.4, 0.5) is 10.1 Å². The number of methoxy groups -OCH3 is 1. The number of anilines is 1. The Balaban J connectivity index is 1.64. The number of aliphatic hydroxyl groups excluding tert-OH is 1. The number of halogens is 1. The first-order valence-electron chi connectivity index (χ1n) is 10.0. The zero-order valence-electron chi connectivity index (χ0n) is 17.0. The maximum absolute atomic E-state index is 12.5. The molecule has 0 unspecified atom stereocenters. The molecule has 2 heterocycles. The van der Waals surface area contributed by atoms with Gasteiger partial charge >= 0.3 is 0 Å². The first kappa shape index (κ1) is 21.7. The average Bonchev–Trinajstić information content (AvgIpc) is 3.45. The SMILES string of the molecule is COC1CN(c2ccc(C(=O)N[C@@H](C)COCCF)nc2OC[C@@H]2C[C@@H]2CO)C1. The van der Waals surface area contributed by atoms with E-state index in [2.05, 4.69) is 15.2 Å². The third-order valence-electron chi connectivity index (χ3n) is 5.30. The average molecular weight is 411 g/mol. The zero-order chi connectivity index (χ0) is 20.8. The van der Waals surface area contributed by atoms with Crippen molar-refractivity contribution in [3.05, 3.63) is 17.8 Å². The lowest BCUT2D eigenvalue weighted by Crippen LogP contribution is -2.52. The molecule has 0 spiro atoms. The minimum Gasteiger partial charge on any atom is -0.476 e. The number of nitrogens with zero attached hydrogens (tertiary/aromatic N) is 2. The van der Waals surface area contributed by atoms with E-state index in [0.717, 1.165) is 25.2 Å². The molecule has 1 saturated heterocycles. The quantitative estimate of drug-likeness (QED) is 0.496. The van der Waals surface area contributed by atoms with Gasteiger partial charge in [0.2, 0.25) is 5.88 Å². The largest absolute Gasteiger partial charge is 0.476 e. The number of amides is 1. The first-order chi connectivity index (χ1) is 14.0. The zero-order valence-corrected chi connectivity index (χ0v) is 17.0. The number of alkyl halides is 1. The molecule has 1 aliphatic heterocycles. The summed E-state index contributed by atoms with van der Waals surface area (Å²) in [5.41, 5.74) is 1.08. The lowest BCUT2D eigenvalue weighted by atomic mass is 10.1. The molecule has 1 aliphatic carbocycles. The van der Waals surface area contributed by atoms with Crippen LogP contribution in [0.25, 0.3) is 0 Å².